The van der Waals surface area contributed by atoms with Crippen molar-refractivity contribution in [3.63, 3.8) is 0 Å². The molecule has 0 bridgehead atoms. The van der Waals surface area contributed by atoms with E-state index in [1.165, 1.54) is 0 Å². The summed E-state index contributed by atoms with van der Waals surface area (Å²) in [5.41, 5.74) is 5.66. The molecule has 0 unspecified atom stereocenters. The Morgan fingerprint density at radius 3 is 2.50 bits per heavy atom. The number of hydrogen-bond acceptors (Lipinski definition) is 7. The maximum atomic E-state index is 5.66. The zero-order chi connectivity index (χ0) is 11.5. The fourth-order valence-electron chi connectivity index (χ4n) is 1.47. The average Bonchev–Trinajstić information content (AvgIpc) is 2.29. The van der Waals surface area contributed by atoms with E-state index in [1.807, 2.05) is 19.0 Å². The molecule has 1 aliphatic heterocycles. The highest BCUT2D eigenvalue weighted by atomic mass is 16.5. The summed E-state index contributed by atoms with van der Waals surface area (Å²) < 4.78 is 5.27. The number of rotatable bonds is 2. The van der Waals surface area contributed by atoms with Gasteiger partial charge in [-0.25, -0.2) is 0 Å². The molecule has 0 amide bonds. The minimum Gasteiger partial charge on any atom is -0.378 e. The number of hydrogen-bond donors (Lipinski definition) is 1. The summed E-state index contributed by atoms with van der Waals surface area (Å²) in [6.45, 7) is 2.97. The highest BCUT2D eigenvalue weighted by Gasteiger charge is 2.16. The lowest BCUT2D eigenvalue weighted by Gasteiger charge is -2.27. The third-order valence-electron chi connectivity index (χ3n) is 2.32. The van der Waals surface area contributed by atoms with Crippen LogP contribution < -0.4 is 15.5 Å². The largest absolute Gasteiger partial charge is 0.378 e. The Hall–Kier alpha value is -1.63. The van der Waals surface area contributed by atoms with Crippen molar-refractivity contribution in [2.24, 2.45) is 0 Å². The van der Waals surface area contributed by atoms with Gasteiger partial charge in [-0.1, -0.05) is 0 Å². The molecule has 0 spiro atoms. The lowest BCUT2D eigenvalue weighted by atomic mass is 10.4. The van der Waals surface area contributed by atoms with Crippen LogP contribution >= 0.6 is 0 Å². The van der Waals surface area contributed by atoms with Crippen LogP contribution in [0.4, 0.5) is 17.8 Å². The number of anilines is 3. The third kappa shape index (κ3) is 2.30. The first kappa shape index (κ1) is 10.9. The quantitative estimate of drug-likeness (QED) is 0.715. The summed E-state index contributed by atoms with van der Waals surface area (Å²) in [5.74, 6) is 1.45. The van der Waals surface area contributed by atoms with Gasteiger partial charge in [0.15, 0.2) is 0 Å². The summed E-state index contributed by atoms with van der Waals surface area (Å²) in [5, 5.41) is 0. The molecule has 1 fully saturated rings. The molecule has 0 saturated carbocycles. The van der Waals surface area contributed by atoms with E-state index in [9.17, 15) is 0 Å². The van der Waals surface area contributed by atoms with E-state index in [0.29, 0.717) is 25.1 Å². The summed E-state index contributed by atoms with van der Waals surface area (Å²) in [7, 11) is 3.75. The fraction of sp³-hybridized carbons (Fsp3) is 0.667. The first-order chi connectivity index (χ1) is 7.66. The van der Waals surface area contributed by atoms with Crippen molar-refractivity contribution < 1.29 is 4.74 Å². The van der Waals surface area contributed by atoms with Crippen LogP contribution in [-0.4, -0.2) is 55.4 Å². The highest BCUT2D eigenvalue weighted by molar-refractivity contribution is 5.42. The molecular weight excluding hydrogens is 208 g/mol. The molecule has 2 rings (SSSR count). The predicted octanol–water partition coefficient (Wildman–Crippen LogP) is -0.644. The number of morpholine rings is 1. The van der Waals surface area contributed by atoms with Crippen LogP contribution in [0.3, 0.4) is 0 Å². The molecular formula is C9H16N6O. The summed E-state index contributed by atoms with van der Waals surface area (Å²) >= 11 is 0. The van der Waals surface area contributed by atoms with E-state index in [4.69, 9.17) is 10.5 Å². The zero-order valence-electron chi connectivity index (χ0n) is 9.55. The molecule has 2 heterocycles. The molecule has 1 aromatic rings. The second-order valence-electron chi connectivity index (χ2n) is 3.79. The molecule has 0 aromatic carbocycles. The van der Waals surface area contributed by atoms with Gasteiger partial charge in [0, 0.05) is 27.2 Å². The van der Waals surface area contributed by atoms with Crippen LogP contribution in [-0.2, 0) is 4.74 Å². The van der Waals surface area contributed by atoms with Gasteiger partial charge in [0.1, 0.15) is 0 Å². The van der Waals surface area contributed by atoms with Crippen molar-refractivity contribution in [2.45, 2.75) is 0 Å². The molecule has 1 aliphatic rings. The molecule has 2 N–H and O–H groups in total. The van der Waals surface area contributed by atoms with Gasteiger partial charge in [-0.05, 0) is 0 Å². The Labute approximate surface area is 94.2 Å². The van der Waals surface area contributed by atoms with E-state index in [1.54, 1.807) is 0 Å². The Balaban J connectivity index is 2.25. The van der Waals surface area contributed by atoms with Crippen molar-refractivity contribution in [1.29, 1.82) is 0 Å². The van der Waals surface area contributed by atoms with Gasteiger partial charge < -0.3 is 20.3 Å². The van der Waals surface area contributed by atoms with E-state index >= 15 is 0 Å². The second kappa shape index (κ2) is 4.48. The van der Waals surface area contributed by atoms with Crippen molar-refractivity contribution in [2.75, 3.05) is 55.9 Å². The lowest BCUT2D eigenvalue weighted by molar-refractivity contribution is 0.122. The molecule has 0 aliphatic carbocycles. The van der Waals surface area contributed by atoms with E-state index in [0.717, 1.165) is 13.1 Å². The molecule has 88 valence electrons. The Morgan fingerprint density at radius 1 is 1.19 bits per heavy atom. The maximum Gasteiger partial charge on any atom is 0.232 e. The SMILES string of the molecule is CN(C)c1nc(N)nc(N2CCOCC2)n1. The number of ether oxygens (including phenoxy) is 1. The molecule has 1 saturated heterocycles. The number of nitrogens with zero attached hydrogens (tertiary/aromatic N) is 5. The third-order valence-corrected chi connectivity index (χ3v) is 2.32. The number of nitrogens with two attached hydrogens (primary N) is 1. The van der Waals surface area contributed by atoms with Gasteiger partial charge in [-0.3, -0.25) is 0 Å². The standard InChI is InChI=1S/C9H16N6O/c1-14(2)8-11-7(10)12-9(13-8)15-3-5-16-6-4-15/h3-6H2,1-2H3,(H2,10,11,12,13). The Morgan fingerprint density at radius 2 is 1.88 bits per heavy atom. The summed E-state index contributed by atoms with van der Waals surface area (Å²) in [6.07, 6.45) is 0. The van der Waals surface area contributed by atoms with E-state index < -0.39 is 0 Å². The Bertz CT molecular complexity index is 363. The van der Waals surface area contributed by atoms with Crippen LogP contribution in [0.5, 0.6) is 0 Å². The van der Waals surface area contributed by atoms with Crippen molar-refractivity contribution in [3.8, 4) is 0 Å². The van der Waals surface area contributed by atoms with Gasteiger partial charge in [-0.15, -0.1) is 0 Å². The number of nitrogen functional groups attached to an aromatic ring is 1. The van der Waals surface area contributed by atoms with Crippen LogP contribution in [0.25, 0.3) is 0 Å². The topological polar surface area (TPSA) is 80.4 Å². The minimum atomic E-state index is 0.250. The van der Waals surface area contributed by atoms with Gasteiger partial charge in [0.25, 0.3) is 0 Å². The minimum absolute atomic E-state index is 0.250. The smallest absolute Gasteiger partial charge is 0.232 e. The Kier molecular flexibility index (Phi) is 3.04. The van der Waals surface area contributed by atoms with Gasteiger partial charge in [0.2, 0.25) is 17.8 Å². The molecule has 7 heteroatoms. The molecule has 0 radical (unpaired) electrons. The van der Waals surface area contributed by atoms with Crippen LogP contribution in [0.2, 0.25) is 0 Å². The monoisotopic (exact) mass is 224 g/mol. The normalized spacial score (nSPS) is 16.2. The van der Waals surface area contributed by atoms with Gasteiger partial charge in [0.05, 0.1) is 13.2 Å². The predicted molar refractivity (Wildman–Crippen MR) is 61.6 cm³/mol. The first-order valence-electron chi connectivity index (χ1n) is 5.18. The van der Waals surface area contributed by atoms with Crippen molar-refractivity contribution >= 4 is 17.8 Å². The van der Waals surface area contributed by atoms with Crippen molar-refractivity contribution in [1.82, 2.24) is 15.0 Å². The first-order valence-corrected chi connectivity index (χ1v) is 5.18. The molecule has 7 nitrogen and oxygen atoms in total. The maximum absolute atomic E-state index is 5.66. The summed E-state index contributed by atoms with van der Waals surface area (Å²) in [6, 6.07) is 0. The van der Waals surface area contributed by atoms with E-state index in [2.05, 4.69) is 19.9 Å². The van der Waals surface area contributed by atoms with Crippen LogP contribution in [0.1, 0.15) is 0 Å². The number of aromatic nitrogens is 3. The van der Waals surface area contributed by atoms with Crippen LogP contribution in [0.15, 0.2) is 0 Å². The fourth-order valence-corrected chi connectivity index (χ4v) is 1.47. The molecule has 16 heavy (non-hydrogen) atoms. The highest BCUT2D eigenvalue weighted by Crippen LogP contribution is 2.14. The van der Waals surface area contributed by atoms with E-state index in [-0.39, 0.29) is 5.95 Å². The van der Waals surface area contributed by atoms with Crippen LogP contribution in [0, 0.1) is 0 Å². The zero-order valence-corrected chi connectivity index (χ0v) is 9.55. The van der Waals surface area contributed by atoms with Gasteiger partial charge in [-0.2, -0.15) is 15.0 Å². The molecule has 0 atom stereocenters. The lowest BCUT2D eigenvalue weighted by Crippen LogP contribution is -2.37. The summed E-state index contributed by atoms with van der Waals surface area (Å²) in [4.78, 5) is 16.4. The molecule has 1 aromatic heterocycles. The average molecular weight is 224 g/mol. The van der Waals surface area contributed by atoms with Crippen molar-refractivity contribution in [3.05, 3.63) is 0 Å². The second-order valence-corrected chi connectivity index (χ2v) is 3.79. The van der Waals surface area contributed by atoms with Gasteiger partial charge >= 0.3 is 0 Å².